The molecule has 20 heavy (non-hydrogen) atoms. The number of nitrogens with two attached hydrogens (primary N) is 1. The van der Waals surface area contributed by atoms with Crippen molar-refractivity contribution in [3.63, 3.8) is 0 Å². The molecular weight excluding hydrogens is 254 g/mol. The van der Waals surface area contributed by atoms with Gasteiger partial charge in [0.25, 0.3) is 0 Å². The number of rotatable bonds is 4. The second-order valence-electron chi connectivity index (χ2n) is 5.35. The van der Waals surface area contributed by atoms with Gasteiger partial charge in [-0.25, -0.2) is 4.79 Å². The van der Waals surface area contributed by atoms with Gasteiger partial charge < -0.3 is 5.73 Å². The van der Waals surface area contributed by atoms with Crippen LogP contribution in [0.4, 0.5) is 0 Å². The van der Waals surface area contributed by atoms with Gasteiger partial charge >= 0.3 is 5.69 Å². The summed E-state index contributed by atoms with van der Waals surface area (Å²) < 4.78 is 3.50. The number of hydrogen-bond donors (Lipinski definition) is 1. The Morgan fingerprint density at radius 3 is 2.70 bits per heavy atom. The minimum absolute atomic E-state index is 0.0332. The summed E-state index contributed by atoms with van der Waals surface area (Å²) in [6.07, 6.45) is 5.86. The van der Waals surface area contributed by atoms with Crippen LogP contribution < -0.4 is 11.4 Å². The molecule has 3 rings (SSSR count). The van der Waals surface area contributed by atoms with E-state index in [1.54, 1.807) is 21.3 Å². The quantitative estimate of drug-likeness (QED) is 0.914. The molecule has 1 aliphatic carbocycles. The van der Waals surface area contributed by atoms with Crippen molar-refractivity contribution in [2.24, 2.45) is 5.73 Å². The number of benzene rings is 1. The molecule has 0 saturated heterocycles. The van der Waals surface area contributed by atoms with E-state index in [1.807, 2.05) is 25.4 Å². The third kappa shape index (κ3) is 2.27. The largest absolute Gasteiger partial charge is 0.366 e. The summed E-state index contributed by atoms with van der Waals surface area (Å²) in [4.78, 5) is 23.3. The monoisotopic (exact) mass is 271 g/mol. The van der Waals surface area contributed by atoms with Crippen LogP contribution >= 0.6 is 0 Å². The lowest BCUT2D eigenvalue weighted by Crippen LogP contribution is -2.24. The van der Waals surface area contributed by atoms with Crippen LogP contribution in [0.5, 0.6) is 0 Å². The van der Waals surface area contributed by atoms with Gasteiger partial charge in [0.15, 0.2) is 0 Å². The van der Waals surface area contributed by atoms with Crippen LogP contribution in [-0.2, 0) is 6.54 Å². The van der Waals surface area contributed by atoms with E-state index >= 15 is 0 Å². The van der Waals surface area contributed by atoms with E-state index in [1.165, 1.54) is 0 Å². The first-order valence-electron chi connectivity index (χ1n) is 6.73. The number of carbonyl (C=O) groups excluding carboxylic acids is 1. The molecule has 5 heteroatoms. The first-order chi connectivity index (χ1) is 9.56. The molecule has 0 spiro atoms. The molecule has 0 aliphatic heterocycles. The van der Waals surface area contributed by atoms with Gasteiger partial charge in [-0.2, -0.15) is 0 Å². The van der Waals surface area contributed by atoms with Gasteiger partial charge in [-0.3, -0.25) is 13.9 Å². The van der Waals surface area contributed by atoms with Crippen LogP contribution in [-0.4, -0.2) is 15.0 Å². The number of hydrogen-bond acceptors (Lipinski definition) is 2. The Kier molecular flexibility index (Phi) is 2.97. The highest BCUT2D eigenvalue weighted by Crippen LogP contribution is 2.33. The van der Waals surface area contributed by atoms with Crippen molar-refractivity contribution in [3.05, 3.63) is 57.8 Å². The molecular formula is C15H17N3O2. The van der Waals surface area contributed by atoms with Gasteiger partial charge in [-0.1, -0.05) is 6.07 Å². The fourth-order valence-electron chi connectivity index (χ4n) is 2.39. The number of aryl methyl sites for hydroxylation is 1. The van der Waals surface area contributed by atoms with Crippen molar-refractivity contribution in [2.45, 2.75) is 32.4 Å². The first-order valence-corrected chi connectivity index (χ1v) is 6.73. The maximum Gasteiger partial charge on any atom is 0.328 e. The first kappa shape index (κ1) is 12.7. The Balaban J connectivity index is 1.87. The molecule has 1 aromatic carbocycles. The fraction of sp³-hybridized carbons (Fsp3) is 0.333. The van der Waals surface area contributed by atoms with Crippen LogP contribution in [0, 0.1) is 6.92 Å². The SMILES string of the molecule is Cc1cc(C(N)=O)ccc1Cn1ccn(C2CC2)c1=O. The number of carbonyl (C=O) groups is 1. The van der Waals surface area contributed by atoms with Crippen LogP contribution in [0.1, 0.15) is 40.4 Å². The Morgan fingerprint density at radius 1 is 1.35 bits per heavy atom. The normalized spacial score (nSPS) is 14.4. The molecule has 1 aliphatic rings. The Labute approximate surface area is 116 Å². The number of amides is 1. The zero-order valence-electron chi connectivity index (χ0n) is 11.4. The predicted molar refractivity (Wildman–Crippen MR) is 75.8 cm³/mol. The van der Waals surface area contributed by atoms with Crippen molar-refractivity contribution in [1.82, 2.24) is 9.13 Å². The zero-order valence-corrected chi connectivity index (χ0v) is 11.4. The van der Waals surface area contributed by atoms with Gasteiger partial charge in [-0.05, 0) is 43.0 Å². The van der Waals surface area contributed by atoms with E-state index in [9.17, 15) is 9.59 Å². The van der Waals surface area contributed by atoms with Crippen molar-refractivity contribution < 1.29 is 4.79 Å². The number of aromatic nitrogens is 2. The number of imidazole rings is 1. The Morgan fingerprint density at radius 2 is 2.10 bits per heavy atom. The molecule has 1 aromatic heterocycles. The summed E-state index contributed by atoms with van der Waals surface area (Å²) in [5, 5.41) is 0. The average Bonchev–Trinajstić information content (AvgIpc) is 3.18. The molecule has 104 valence electrons. The van der Waals surface area contributed by atoms with E-state index in [-0.39, 0.29) is 5.69 Å². The summed E-state index contributed by atoms with van der Waals surface area (Å²) in [6.45, 7) is 2.44. The van der Waals surface area contributed by atoms with Crippen molar-refractivity contribution in [2.75, 3.05) is 0 Å². The van der Waals surface area contributed by atoms with E-state index in [4.69, 9.17) is 5.73 Å². The van der Waals surface area contributed by atoms with Crippen molar-refractivity contribution in [1.29, 1.82) is 0 Å². The van der Waals surface area contributed by atoms with E-state index in [0.717, 1.165) is 24.0 Å². The maximum atomic E-state index is 12.2. The summed E-state index contributed by atoms with van der Waals surface area (Å²) in [7, 11) is 0. The minimum Gasteiger partial charge on any atom is -0.366 e. The Bertz CT molecular complexity index is 723. The van der Waals surface area contributed by atoms with Crippen LogP contribution in [0.3, 0.4) is 0 Å². The highest BCUT2D eigenvalue weighted by Gasteiger charge is 2.25. The van der Waals surface area contributed by atoms with Gasteiger partial charge in [0.05, 0.1) is 6.54 Å². The zero-order chi connectivity index (χ0) is 14.3. The fourth-order valence-corrected chi connectivity index (χ4v) is 2.39. The van der Waals surface area contributed by atoms with Crippen LogP contribution in [0.25, 0.3) is 0 Å². The second kappa shape index (κ2) is 4.67. The van der Waals surface area contributed by atoms with E-state index in [0.29, 0.717) is 18.2 Å². The molecule has 1 fully saturated rings. The molecule has 0 atom stereocenters. The summed E-state index contributed by atoms with van der Waals surface area (Å²) in [5.74, 6) is -0.434. The third-order valence-electron chi connectivity index (χ3n) is 3.78. The summed E-state index contributed by atoms with van der Waals surface area (Å²) in [5.41, 5.74) is 7.77. The third-order valence-corrected chi connectivity index (χ3v) is 3.78. The lowest BCUT2D eigenvalue weighted by molar-refractivity contribution is 0.1000. The molecule has 2 N–H and O–H groups in total. The topological polar surface area (TPSA) is 70.0 Å². The van der Waals surface area contributed by atoms with Gasteiger partial charge in [-0.15, -0.1) is 0 Å². The van der Waals surface area contributed by atoms with E-state index < -0.39 is 5.91 Å². The highest BCUT2D eigenvalue weighted by atomic mass is 16.2. The molecule has 2 aromatic rings. The van der Waals surface area contributed by atoms with Crippen molar-refractivity contribution >= 4 is 5.91 Å². The molecule has 5 nitrogen and oxygen atoms in total. The molecule has 1 amide bonds. The molecule has 0 radical (unpaired) electrons. The van der Waals surface area contributed by atoms with Crippen LogP contribution in [0.2, 0.25) is 0 Å². The van der Waals surface area contributed by atoms with E-state index in [2.05, 4.69) is 0 Å². The number of primary amides is 1. The van der Waals surface area contributed by atoms with Crippen molar-refractivity contribution in [3.8, 4) is 0 Å². The predicted octanol–water partition coefficient (Wildman–Crippen LogP) is 1.44. The van der Waals surface area contributed by atoms with Gasteiger partial charge in [0, 0.05) is 24.0 Å². The minimum atomic E-state index is -0.434. The standard InChI is InChI=1S/C15H17N3O2/c1-10-8-11(14(16)19)2-3-12(10)9-17-6-7-18(15(17)20)13-4-5-13/h2-3,6-8,13H,4-5,9H2,1H3,(H2,16,19). The Hall–Kier alpha value is -2.30. The molecule has 1 saturated carbocycles. The van der Waals surface area contributed by atoms with Gasteiger partial charge in [0.2, 0.25) is 5.91 Å². The summed E-state index contributed by atoms with van der Waals surface area (Å²) >= 11 is 0. The molecule has 1 heterocycles. The molecule has 0 bridgehead atoms. The van der Waals surface area contributed by atoms with Crippen LogP contribution in [0.15, 0.2) is 35.4 Å². The number of nitrogens with zero attached hydrogens (tertiary/aromatic N) is 2. The second-order valence-corrected chi connectivity index (χ2v) is 5.35. The van der Waals surface area contributed by atoms with Gasteiger partial charge in [0.1, 0.15) is 0 Å². The summed E-state index contributed by atoms with van der Waals surface area (Å²) in [6, 6.07) is 5.71. The average molecular weight is 271 g/mol. The lowest BCUT2D eigenvalue weighted by atomic mass is 10.0. The molecule has 0 unspecified atom stereocenters. The maximum absolute atomic E-state index is 12.2. The smallest absolute Gasteiger partial charge is 0.328 e. The lowest BCUT2D eigenvalue weighted by Gasteiger charge is -2.07. The highest BCUT2D eigenvalue weighted by molar-refractivity contribution is 5.93.